The largest absolute Gasteiger partial charge is 0.395 e. The highest BCUT2D eigenvalue weighted by Gasteiger charge is 2.21. The van der Waals surface area contributed by atoms with Gasteiger partial charge in [0, 0.05) is 10.5 Å². The van der Waals surface area contributed by atoms with Crippen molar-refractivity contribution >= 4 is 37.6 Å². The van der Waals surface area contributed by atoms with Crippen LogP contribution in [-0.2, 0) is 10.0 Å². The van der Waals surface area contributed by atoms with Crippen molar-refractivity contribution < 1.29 is 13.5 Å². The van der Waals surface area contributed by atoms with Gasteiger partial charge in [0.25, 0.3) is 0 Å². The molecule has 0 heterocycles. The van der Waals surface area contributed by atoms with Gasteiger partial charge in [-0.15, -0.1) is 0 Å². The molecule has 0 spiro atoms. The third kappa shape index (κ3) is 3.93. The van der Waals surface area contributed by atoms with Gasteiger partial charge in [-0.1, -0.05) is 34.5 Å². The van der Waals surface area contributed by atoms with Crippen molar-refractivity contribution in [2.75, 3.05) is 6.61 Å². The summed E-state index contributed by atoms with van der Waals surface area (Å²) in [5, 5.41) is 9.14. The molecule has 0 aliphatic heterocycles. The summed E-state index contributed by atoms with van der Waals surface area (Å²) in [7, 11) is -3.71. The van der Waals surface area contributed by atoms with Gasteiger partial charge in [0.1, 0.15) is 4.90 Å². The summed E-state index contributed by atoms with van der Waals surface area (Å²) >= 11 is 9.04. The molecule has 0 aliphatic rings. The van der Waals surface area contributed by atoms with Gasteiger partial charge in [0.2, 0.25) is 10.0 Å². The lowest BCUT2D eigenvalue weighted by Crippen LogP contribution is -2.37. The number of aliphatic hydroxyl groups excluding tert-OH is 1. The van der Waals surface area contributed by atoms with Crippen LogP contribution in [0.1, 0.15) is 13.3 Å². The second-order valence-electron chi connectivity index (χ2n) is 3.48. The molecular weight excluding hydrogens is 330 g/mol. The van der Waals surface area contributed by atoms with Crippen LogP contribution < -0.4 is 4.72 Å². The Balaban J connectivity index is 3.09. The molecule has 1 aromatic carbocycles. The predicted octanol–water partition coefficient (Wildman–Crippen LogP) is 2.15. The van der Waals surface area contributed by atoms with E-state index in [1.165, 1.54) is 12.1 Å². The average molecular weight is 343 g/mol. The van der Waals surface area contributed by atoms with Crippen LogP contribution >= 0.6 is 27.5 Å². The first-order valence-corrected chi connectivity index (χ1v) is 7.64. The van der Waals surface area contributed by atoms with Gasteiger partial charge in [-0.3, -0.25) is 0 Å². The molecule has 0 radical (unpaired) electrons. The van der Waals surface area contributed by atoms with Crippen molar-refractivity contribution in [1.29, 1.82) is 0 Å². The smallest absolute Gasteiger partial charge is 0.242 e. The number of nitrogens with one attached hydrogen (secondary N) is 1. The highest BCUT2D eigenvalue weighted by Crippen LogP contribution is 2.25. The molecule has 0 saturated carbocycles. The van der Waals surface area contributed by atoms with Gasteiger partial charge in [-0.2, -0.15) is 0 Å². The standard InChI is InChI=1S/C10H13BrClNO3S/c1-2-8(6-14)13-17(15,16)10-5-7(11)3-4-9(10)12/h3-5,8,13-14H,2,6H2,1H3/t8-/m1/s1. The lowest BCUT2D eigenvalue weighted by atomic mass is 10.3. The summed E-state index contributed by atoms with van der Waals surface area (Å²) in [6.07, 6.45) is 0.501. The van der Waals surface area contributed by atoms with E-state index in [0.29, 0.717) is 10.9 Å². The van der Waals surface area contributed by atoms with Gasteiger partial charge in [-0.05, 0) is 24.6 Å². The fourth-order valence-electron chi connectivity index (χ4n) is 1.22. The van der Waals surface area contributed by atoms with E-state index in [4.69, 9.17) is 16.7 Å². The SMILES string of the molecule is CC[C@H](CO)NS(=O)(=O)c1cc(Br)ccc1Cl. The zero-order chi connectivity index (χ0) is 13.1. The van der Waals surface area contributed by atoms with Crippen molar-refractivity contribution in [3.63, 3.8) is 0 Å². The van der Waals surface area contributed by atoms with Crippen molar-refractivity contribution in [1.82, 2.24) is 4.72 Å². The van der Waals surface area contributed by atoms with Crippen molar-refractivity contribution in [2.45, 2.75) is 24.3 Å². The molecule has 0 aromatic heterocycles. The molecular formula is C10H13BrClNO3S. The number of sulfonamides is 1. The normalized spacial score (nSPS) is 13.6. The Bertz CT molecular complexity index is 488. The monoisotopic (exact) mass is 341 g/mol. The van der Waals surface area contributed by atoms with Crippen molar-refractivity contribution in [3.05, 3.63) is 27.7 Å². The summed E-state index contributed by atoms with van der Waals surface area (Å²) in [6.45, 7) is 1.53. The molecule has 7 heteroatoms. The highest BCUT2D eigenvalue weighted by molar-refractivity contribution is 9.10. The molecule has 0 aliphatic carbocycles. The van der Waals surface area contributed by atoms with E-state index in [9.17, 15) is 8.42 Å². The maximum absolute atomic E-state index is 12.0. The summed E-state index contributed by atoms with van der Waals surface area (Å²) in [5.41, 5.74) is 0. The number of hydrogen-bond donors (Lipinski definition) is 2. The van der Waals surface area contributed by atoms with E-state index >= 15 is 0 Å². The number of rotatable bonds is 5. The Morgan fingerprint density at radius 3 is 2.71 bits per heavy atom. The minimum atomic E-state index is -3.71. The Morgan fingerprint density at radius 1 is 1.53 bits per heavy atom. The molecule has 0 saturated heterocycles. The topological polar surface area (TPSA) is 66.4 Å². The van der Waals surface area contributed by atoms with Gasteiger partial charge in [-0.25, -0.2) is 13.1 Å². The lowest BCUT2D eigenvalue weighted by Gasteiger charge is -2.15. The average Bonchev–Trinajstić information content (AvgIpc) is 2.29. The van der Waals surface area contributed by atoms with Crippen LogP contribution in [0.3, 0.4) is 0 Å². The van der Waals surface area contributed by atoms with Crippen LogP contribution in [-0.4, -0.2) is 26.2 Å². The van der Waals surface area contributed by atoms with Gasteiger partial charge in [0.15, 0.2) is 0 Å². The minimum absolute atomic E-state index is 0.000409. The van der Waals surface area contributed by atoms with Crippen LogP contribution in [0, 0.1) is 0 Å². The molecule has 2 N–H and O–H groups in total. The maximum Gasteiger partial charge on any atom is 0.242 e. The van der Waals surface area contributed by atoms with E-state index in [-0.39, 0.29) is 16.5 Å². The van der Waals surface area contributed by atoms with Crippen LogP contribution in [0.4, 0.5) is 0 Å². The van der Waals surface area contributed by atoms with Gasteiger partial charge < -0.3 is 5.11 Å². The molecule has 0 fully saturated rings. The number of hydrogen-bond acceptors (Lipinski definition) is 3. The Hall–Kier alpha value is -0.140. The van der Waals surface area contributed by atoms with E-state index in [2.05, 4.69) is 20.7 Å². The molecule has 1 aromatic rings. The fraction of sp³-hybridized carbons (Fsp3) is 0.400. The minimum Gasteiger partial charge on any atom is -0.395 e. The Morgan fingerprint density at radius 2 is 2.18 bits per heavy atom. The summed E-state index contributed by atoms with van der Waals surface area (Å²) in [6, 6.07) is 4.08. The third-order valence-electron chi connectivity index (χ3n) is 2.22. The van der Waals surface area contributed by atoms with Crippen molar-refractivity contribution in [3.8, 4) is 0 Å². The quantitative estimate of drug-likeness (QED) is 0.861. The number of aliphatic hydroxyl groups is 1. The Kier molecular flexibility index (Phi) is 5.40. The summed E-state index contributed by atoms with van der Waals surface area (Å²) in [4.78, 5) is 0.000409. The third-order valence-corrected chi connectivity index (χ3v) is 4.71. The first-order valence-electron chi connectivity index (χ1n) is 4.99. The molecule has 17 heavy (non-hydrogen) atoms. The lowest BCUT2D eigenvalue weighted by molar-refractivity contribution is 0.254. The molecule has 0 amide bonds. The van der Waals surface area contributed by atoms with Crippen LogP contribution in [0.5, 0.6) is 0 Å². The van der Waals surface area contributed by atoms with Crippen LogP contribution in [0.15, 0.2) is 27.6 Å². The molecule has 1 rings (SSSR count). The molecule has 0 bridgehead atoms. The first kappa shape index (κ1) is 14.9. The van der Waals surface area contributed by atoms with E-state index in [1.54, 1.807) is 13.0 Å². The van der Waals surface area contributed by atoms with E-state index < -0.39 is 16.1 Å². The second kappa shape index (κ2) is 6.15. The second-order valence-corrected chi connectivity index (χ2v) is 6.49. The van der Waals surface area contributed by atoms with Crippen molar-refractivity contribution in [2.24, 2.45) is 0 Å². The van der Waals surface area contributed by atoms with E-state index in [1.807, 2.05) is 0 Å². The Labute approximate surface area is 114 Å². The maximum atomic E-state index is 12.0. The highest BCUT2D eigenvalue weighted by atomic mass is 79.9. The molecule has 4 nitrogen and oxygen atoms in total. The zero-order valence-electron chi connectivity index (χ0n) is 9.15. The predicted molar refractivity (Wildman–Crippen MR) is 70.6 cm³/mol. The first-order chi connectivity index (χ1) is 7.90. The molecule has 1 atom stereocenters. The van der Waals surface area contributed by atoms with Gasteiger partial charge >= 0.3 is 0 Å². The van der Waals surface area contributed by atoms with Crippen LogP contribution in [0.25, 0.3) is 0 Å². The zero-order valence-corrected chi connectivity index (χ0v) is 12.3. The van der Waals surface area contributed by atoms with Crippen LogP contribution in [0.2, 0.25) is 5.02 Å². The molecule has 96 valence electrons. The molecule has 0 unspecified atom stereocenters. The van der Waals surface area contributed by atoms with Gasteiger partial charge in [0.05, 0.1) is 11.6 Å². The fourth-order valence-corrected chi connectivity index (χ4v) is 3.56. The number of benzene rings is 1. The van der Waals surface area contributed by atoms with E-state index in [0.717, 1.165) is 0 Å². The number of halogens is 2. The summed E-state index contributed by atoms with van der Waals surface area (Å²) < 4.78 is 27.0. The summed E-state index contributed by atoms with van der Waals surface area (Å²) in [5.74, 6) is 0.